The molecule has 138 valence electrons. The quantitative estimate of drug-likeness (QED) is 0.196. The van der Waals surface area contributed by atoms with Gasteiger partial charge in [0.05, 0.1) is 0 Å². The zero-order valence-electron chi connectivity index (χ0n) is 16.4. The smallest absolute Gasteiger partial charge is 0.0386 e. The van der Waals surface area contributed by atoms with Crippen LogP contribution in [0.25, 0.3) is 0 Å². The molecule has 2 radical (unpaired) electrons. The minimum Gasteiger partial charge on any atom is -0.0654 e. The molecule has 0 aromatic rings. The average molecular weight is 323 g/mol. The molecule has 0 N–H and O–H groups in total. The summed E-state index contributed by atoms with van der Waals surface area (Å²) in [6, 6.07) is 0. The van der Waals surface area contributed by atoms with Crippen molar-refractivity contribution in [2.75, 3.05) is 0 Å². The summed E-state index contributed by atoms with van der Waals surface area (Å²) >= 11 is 0. The van der Waals surface area contributed by atoms with Gasteiger partial charge in [-0.2, -0.15) is 0 Å². The van der Waals surface area contributed by atoms with E-state index in [1.807, 2.05) is 0 Å². The summed E-state index contributed by atoms with van der Waals surface area (Å²) in [6.45, 7) is 6.14. The predicted octanol–water partition coefficient (Wildman–Crippen LogP) is 8.85. The van der Waals surface area contributed by atoms with Crippen molar-refractivity contribution < 1.29 is 0 Å². The first-order valence-electron chi connectivity index (χ1n) is 11.0. The summed E-state index contributed by atoms with van der Waals surface area (Å²) < 4.78 is 0. The standard InChI is InChI=1S/C23H46/c1-3-5-7-9-11-13-15-17-19-21-23-22-20-18-16-14-12-10-8-6-4-2/h5H,1,3-4,6-23H2,2H3. The van der Waals surface area contributed by atoms with Crippen molar-refractivity contribution >= 4 is 0 Å². The molecule has 0 aromatic heterocycles. The number of hydrogen-bond acceptors (Lipinski definition) is 0. The highest BCUT2D eigenvalue weighted by Gasteiger charge is 1.95. The molecule has 0 spiro atoms. The maximum absolute atomic E-state index is 3.85. The van der Waals surface area contributed by atoms with Crippen LogP contribution < -0.4 is 0 Å². The third kappa shape index (κ3) is 22.0. The molecular weight excluding hydrogens is 276 g/mol. The maximum Gasteiger partial charge on any atom is -0.0386 e. The largest absolute Gasteiger partial charge is 0.0654 e. The molecule has 0 heterocycles. The summed E-state index contributed by atoms with van der Waals surface area (Å²) in [4.78, 5) is 0. The summed E-state index contributed by atoms with van der Waals surface area (Å²) in [6.07, 6.45) is 30.9. The fourth-order valence-electron chi connectivity index (χ4n) is 3.33. The van der Waals surface area contributed by atoms with Gasteiger partial charge in [0.2, 0.25) is 0 Å². The summed E-state index contributed by atoms with van der Waals surface area (Å²) in [5.41, 5.74) is 0. The Balaban J connectivity index is 2.92. The van der Waals surface area contributed by atoms with Gasteiger partial charge in [-0.15, -0.1) is 0 Å². The van der Waals surface area contributed by atoms with Crippen molar-refractivity contribution in [1.82, 2.24) is 0 Å². The predicted molar refractivity (Wildman–Crippen MR) is 108 cm³/mol. The van der Waals surface area contributed by atoms with Gasteiger partial charge in [-0.25, -0.2) is 0 Å². The van der Waals surface area contributed by atoms with Crippen LogP contribution in [0.5, 0.6) is 0 Å². The third-order valence-corrected chi connectivity index (χ3v) is 4.97. The van der Waals surface area contributed by atoms with Gasteiger partial charge in [-0.05, 0) is 6.42 Å². The monoisotopic (exact) mass is 322 g/mol. The van der Waals surface area contributed by atoms with Gasteiger partial charge in [-0.1, -0.05) is 142 Å². The number of hydrogen-bond donors (Lipinski definition) is 0. The van der Waals surface area contributed by atoms with Crippen LogP contribution in [0.1, 0.15) is 135 Å². The highest BCUT2D eigenvalue weighted by molar-refractivity contribution is 4.64. The summed E-state index contributed by atoms with van der Waals surface area (Å²) in [5, 5.41) is 0. The second kappa shape index (κ2) is 22.0. The molecule has 0 aromatic carbocycles. The zero-order valence-corrected chi connectivity index (χ0v) is 16.4. The number of rotatable bonds is 20. The Morgan fingerprint density at radius 2 is 0.783 bits per heavy atom. The Morgan fingerprint density at radius 1 is 0.478 bits per heavy atom. The van der Waals surface area contributed by atoms with Crippen LogP contribution in [0.4, 0.5) is 0 Å². The molecule has 0 rings (SSSR count). The molecule has 0 fully saturated rings. The Hall–Kier alpha value is 0. The van der Waals surface area contributed by atoms with Crippen LogP contribution in [-0.2, 0) is 0 Å². The minimum atomic E-state index is 0.999. The zero-order chi connectivity index (χ0) is 16.8. The van der Waals surface area contributed by atoms with Crippen molar-refractivity contribution in [2.45, 2.75) is 135 Å². The molecule has 0 heteroatoms. The van der Waals surface area contributed by atoms with Gasteiger partial charge in [0.25, 0.3) is 0 Å². The van der Waals surface area contributed by atoms with Crippen LogP contribution in [0.15, 0.2) is 0 Å². The molecule has 0 aliphatic heterocycles. The summed E-state index contributed by atoms with van der Waals surface area (Å²) in [5.74, 6) is 0. The van der Waals surface area contributed by atoms with Gasteiger partial charge in [0, 0.05) is 0 Å². The average Bonchev–Trinajstić information content (AvgIpc) is 2.57. The van der Waals surface area contributed by atoms with E-state index >= 15 is 0 Å². The van der Waals surface area contributed by atoms with E-state index in [9.17, 15) is 0 Å². The molecule has 0 atom stereocenters. The lowest BCUT2D eigenvalue weighted by atomic mass is 10.0. The fraction of sp³-hybridized carbons (Fsp3) is 0.913. The first-order chi connectivity index (χ1) is 11.4. The second-order valence-electron chi connectivity index (χ2n) is 7.38. The van der Waals surface area contributed by atoms with Crippen LogP contribution in [0, 0.1) is 13.3 Å². The normalized spacial score (nSPS) is 11.2. The second-order valence-corrected chi connectivity index (χ2v) is 7.38. The topological polar surface area (TPSA) is 0 Å². The van der Waals surface area contributed by atoms with Crippen molar-refractivity contribution in [3.8, 4) is 0 Å². The van der Waals surface area contributed by atoms with Crippen molar-refractivity contribution in [3.05, 3.63) is 13.3 Å². The van der Waals surface area contributed by atoms with Crippen LogP contribution in [0.3, 0.4) is 0 Å². The minimum absolute atomic E-state index is 0.999. The van der Waals surface area contributed by atoms with Crippen molar-refractivity contribution in [1.29, 1.82) is 0 Å². The Kier molecular flexibility index (Phi) is 22.0. The lowest BCUT2D eigenvalue weighted by Crippen LogP contribution is -1.84. The molecular formula is C23H46. The summed E-state index contributed by atoms with van der Waals surface area (Å²) in [7, 11) is 0. The molecule has 0 saturated carbocycles. The fourth-order valence-corrected chi connectivity index (χ4v) is 3.33. The Labute approximate surface area is 149 Å². The first-order valence-corrected chi connectivity index (χ1v) is 11.0. The maximum atomic E-state index is 3.85. The molecule has 0 saturated heterocycles. The van der Waals surface area contributed by atoms with E-state index in [-0.39, 0.29) is 0 Å². The van der Waals surface area contributed by atoms with Crippen molar-refractivity contribution in [3.63, 3.8) is 0 Å². The van der Waals surface area contributed by atoms with E-state index in [0.29, 0.717) is 0 Å². The van der Waals surface area contributed by atoms with Crippen molar-refractivity contribution in [2.24, 2.45) is 0 Å². The van der Waals surface area contributed by atoms with E-state index in [1.54, 1.807) is 0 Å². The van der Waals surface area contributed by atoms with E-state index in [2.05, 4.69) is 20.3 Å². The lowest BCUT2D eigenvalue weighted by Gasteiger charge is -2.03. The molecule has 0 nitrogen and oxygen atoms in total. The molecule has 0 bridgehead atoms. The SMILES string of the molecule is [CH2]C[CH]CCCCCCCCCCCCCCCCCCCC. The molecule has 0 amide bonds. The van der Waals surface area contributed by atoms with Crippen LogP contribution in [0.2, 0.25) is 0 Å². The highest BCUT2D eigenvalue weighted by atomic mass is 14.0. The molecule has 0 aliphatic rings. The van der Waals surface area contributed by atoms with E-state index < -0.39 is 0 Å². The molecule has 0 aliphatic carbocycles. The molecule has 0 unspecified atom stereocenters. The van der Waals surface area contributed by atoms with Crippen LogP contribution >= 0.6 is 0 Å². The van der Waals surface area contributed by atoms with Crippen LogP contribution in [-0.4, -0.2) is 0 Å². The first kappa shape index (κ1) is 23.0. The number of unbranched alkanes of at least 4 members (excludes halogenated alkanes) is 20. The van der Waals surface area contributed by atoms with Gasteiger partial charge in [0.15, 0.2) is 0 Å². The van der Waals surface area contributed by atoms with Gasteiger partial charge in [-0.3, -0.25) is 0 Å². The van der Waals surface area contributed by atoms with Gasteiger partial charge < -0.3 is 0 Å². The van der Waals surface area contributed by atoms with Gasteiger partial charge in [0.1, 0.15) is 0 Å². The van der Waals surface area contributed by atoms with Gasteiger partial charge >= 0.3 is 0 Å². The van der Waals surface area contributed by atoms with E-state index in [0.717, 1.165) is 6.42 Å². The Morgan fingerprint density at radius 3 is 1.09 bits per heavy atom. The lowest BCUT2D eigenvalue weighted by molar-refractivity contribution is 0.525. The van der Waals surface area contributed by atoms with E-state index in [1.165, 1.54) is 122 Å². The Bertz CT molecular complexity index is 164. The highest BCUT2D eigenvalue weighted by Crippen LogP contribution is 2.14. The molecule has 23 heavy (non-hydrogen) atoms. The third-order valence-electron chi connectivity index (χ3n) is 4.97. The van der Waals surface area contributed by atoms with E-state index in [4.69, 9.17) is 0 Å².